The van der Waals surface area contributed by atoms with Gasteiger partial charge in [0.2, 0.25) is 0 Å². The molecular formula is C19H22BrN3O4. The van der Waals surface area contributed by atoms with E-state index < -0.39 is 5.91 Å². The third-order valence-corrected chi connectivity index (χ3v) is 4.28. The number of methoxy groups -OCH3 is 1. The number of nitrogens with one attached hydrogen (secondary N) is 1. The van der Waals surface area contributed by atoms with Gasteiger partial charge in [-0.15, -0.1) is 0 Å². The molecule has 1 aromatic carbocycles. The lowest BCUT2D eigenvalue weighted by Crippen LogP contribution is -2.31. The van der Waals surface area contributed by atoms with Crippen LogP contribution in [0.25, 0.3) is 0 Å². The van der Waals surface area contributed by atoms with Gasteiger partial charge in [0.1, 0.15) is 5.56 Å². The lowest BCUT2D eigenvalue weighted by atomic mass is 10.2. The number of carbonyl (C=O) groups excluding carboxylic acids is 1. The molecule has 144 valence electrons. The predicted molar refractivity (Wildman–Crippen MR) is 108 cm³/mol. The first-order valence-corrected chi connectivity index (χ1v) is 9.23. The molecule has 0 radical (unpaired) electrons. The Morgan fingerprint density at radius 1 is 1.41 bits per heavy atom. The number of rotatable bonds is 7. The number of pyridine rings is 1. The minimum absolute atomic E-state index is 0.0359. The van der Waals surface area contributed by atoms with E-state index in [4.69, 9.17) is 9.47 Å². The van der Waals surface area contributed by atoms with Crippen LogP contribution in [-0.4, -0.2) is 30.4 Å². The van der Waals surface area contributed by atoms with Crippen LogP contribution < -0.4 is 20.5 Å². The first-order valence-electron chi connectivity index (χ1n) is 8.43. The molecule has 0 bridgehead atoms. The van der Waals surface area contributed by atoms with Crippen LogP contribution in [0.1, 0.15) is 42.7 Å². The van der Waals surface area contributed by atoms with Crippen molar-refractivity contribution in [2.75, 3.05) is 13.7 Å². The highest BCUT2D eigenvalue weighted by Crippen LogP contribution is 2.36. The Balaban J connectivity index is 2.18. The van der Waals surface area contributed by atoms with Crippen LogP contribution in [0.2, 0.25) is 0 Å². The zero-order chi connectivity index (χ0) is 20.0. The molecule has 0 unspecified atom stereocenters. The third kappa shape index (κ3) is 4.97. The van der Waals surface area contributed by atoms with Gasteiger partial charge in [-0.25, -0.2) is 5.43 Å². The van der Waals surface area contributed by atoms with E-state index in [0.717, 1.165) is 0 Å². The van der Waals surface area contributed by atoms with Crippen molar-refractivity contribution in [3.05, 3.63) is 56.4 Å². The number of ether oxygens (including phenoxy) is 2. The fourth-order valence-electron chi connectivity index (χ4n) is 2.41. The number of hydrazone groups is 1. The molecule has 0 spiro atoms. The SMILES string of the molecule is CCOc1c(Br)cc(/C=N\NC(=O)c2cccn(C(C)C)c2=O)cc1OC. The molecule has 0 aliphatic rings. The van der Waals surface area contributed by atoms with Crippen molar-refractivity contribution in [1.29, 1.82) is 0 Å². The van der Waals surface area contributed by atoms with Crippen LogP contribution in [0.15, 0.2) is 44.8 Å². The smallest absolute Gasteiger partial charge is 0.276 e. The Morgan fingerprint density at radius 3 is 2.78 bits per heavy atom. The highest BCUT2D eigenvalue weighted by Gasteiger charge is 2.13. The average Bonchev–Trinajstić information content (AvgIpc) is 2.63. The van der Waals surface area contributed by atoms with Gasteiger partial charge < -0.3 is 14.0 Å². The number of hydrogen-bond donors (Lipinski definition) is 1. The fraction of sp³-hybridized carbons (Fsp3) is 0.316. The molecule has 0 saturated carbocycles. The van der Waals surface area contributed by atoms with E-state index in [-0.39, 0.29) is 17.2 Å². The van der Waals surface area contributed by atoms with Gasteiger partial charge >= 0.3 is 0 Å². The first-order chi connectivity index (χ1) is 12.9. The largest absolute Gasteiger partial charge is 0.493 e. The maximum absolute atomic E-state index is 12.3. The molecule has 1 amide bonds. The molecule has 0 aliphatic heterocycles. The number of aromatic nitrogens is 1. The monoisotopic (exact) mass is 435 g/mol. The van der Waals surface area contributed by atoms with Crippen molar-refractivity contribution >= 4 is 28.1 Å². The highest BCUT2D eigenvalue weighted by molar-refractivity contribution is 9.10. The fourth-order valence-corrected chi connectivity index (χ4v) is 2.99. The zero-order valence-electron chi connectivity index (χ0n) is 15.7. The summed E-state index contributed by atoms with van der Waals surface area (Å²) in [5.41, 5.74) is 2.75. The molecule has 8 heteroatoms. The Morgan fingerprint density at radius 2 is 2.15 bits per heavy atom. The number of nitrogens with zero attached hydrogens (tertiary/aromatic N) is 2. The molecule has 0 fully saturated rings. The van der Waals surface area contributed by atoms with Crippen molar-refractivity contribution in [2.45, 2.75) is 26.8 Å². The first kappa shape index (κ1) is 20.7. The van der Waals surface area contributed by atoms with E-state index in [1.807, 2.05) is 20.8 Å². The Hall–Kier alpha value is -2.61. The van der Waals surface area contributed by atoms with Crippen molar-refractivity contribution in [2.24, 2.45) is 5.10 Å². The average molecular weight is 436 g/mol. The number of carbonyl (C=O) groups is 1. The zero-order valence-corrected chi connectivity index (χ0v) is 17.2. The summed E-state index contributed by atoms with van der Waals surface area (Å²) in [6.07, 6.45) is 3.11. The van der Waals surface area contributed by atoms with Crippen LogP contribution in [0.4, 0.5) is 0 Å². The van der Waals surface area contributed by atoms with Crippen LogP contribution >= 0.6 is 15.9 Å². The maximum Gasteiger partial charge on any atom is 0.276 e. The molecule has 2 aromatic rings. The lowest BCUT2D eigenvalue weighted by Gasteiger charge is -2.12. The van der Waals surface area contributed by atoms with Gasteiger partial charge in [-0.2, -0.15) is 5.10 Å². The molecule has 1 heterocycles. The quantitative estimate of drug-likeness (QED) is 0.533. The summed E-state index contributed by atoms with van der Waals surface area (Å²) in [5, 5.41) is 3.94. The van der Waals surface area contributed by atoms with Gasteiger partial charge in [-0.05, 0) is 66.5 Å². The van der Waals surface area contributed by atoms with Crippen molar-refractivity contribution < 1.29 is 14.3 Å². The minimum atomic E-state index is -0.566. The number of halogens is 1. The second kappa shape index (κ2) is 9.36. The van der Waals surface area contributed by atoms with E-state index in [1.54, 1.807) is 31.5 Å². The molecule has 0 aliphatic carbocycles. The third-order valence-electron chi connectivity index (χ3n) is 3.70. The summed E-state index contributed by atoms with van der Waals surface area (Å²) in [5.74, 6) is 0.574. The van der Waals surface area contributed by atoms with Gasteiger partial charge in [-0.3, -0.25) is 9.59 Å². The second-order valence-electron chi connectivity index (χ2n) is 5.89. The second-order valence-corrected chi connectivity index (χ2v) is 6.75. The van der Waals surface area contributed by atoms with Gasteiger partial charge in [0.15, 0.2) is 11.5 Å². The van der Waals surface area contributed by atoms with Gasteiger partial charge in [0.25, 0.3) is 11.5 Å². The van der Waals surface area contributed by atoms with E-state index in [0.29, 0.717) is 28.1 Å². The van der Waals surface area contributed by atoms with Crippen molar-refractivity contribution in [3.8, 4) is 11.5 Å². The molecule has 0 atom stereocenters. The van der Waals surface area contributed by atoms with E-state index in [2.05, 4.69) is 26.5 Å². The molecule has 2 rings (SSSR count). The topological polar surface area (TPSA) is 81.9 Å². The molecule has 0 saturated heterocycles. The summed E-state index contributed by atoms with van der Waals surface area (Å²) >= 11 is 3.43. The predicted octanol–water partition coefficient (Wildman–Crippen LogP) is 3.36. The standard InChI is InChI=1S/C19H22BrN3O4/c1-5-27-17-15(20)9-13(10-16(17)26-4)11-21-22-18(24)14-7-6-8-23(12(2)3)19(14)25/h6-12H,5H2,1-4H3,(H,22,24)/b21-11-. The molecule has 1 N–H and O–H groups in total. The molecule has 7 nitrogen and oxygen atoms in total. The van der Waals surface area contributed by atoms with Gasteiger partial charge in [0.05, 0.1) is 24.4 Å². The van der Waals surface area contributed by atoms with Crippen LogP contribution in [0.3, 0.4) is 0 Å². The number of benzene rings is 1. The van der Waals surface area contributed by atoms with Crippen LogP contribution in [0.5, 0.6) is 11.5 Å². The summed E-state index contributed by atoms with van der Waals surface area (Å²) in [4.78, 5) is 24.6. The van der Waals surface area contributed by atoms with E-state index >= 15 is 0 Å². The maximum atomic E-state index is 12.3. The summed E-state index contributed by atoms with van der Waals surface area (Å²) in [6, 6.07) is 6.62. The van der Waals surface area contributed by atoms with E-state index in [1.165, 1.54) is 16.8 Å². The molecule has 1 aromatic heterocycles. The normalized spacial score (nSPS) is 11.0. The van der Waals surface area contributed by atoms with Crippen LogP contribution in [0, 0.1) is 0 Å². The van der Waals surface area contributed by atoms with Crippen molar-refractivity contribution in [1.82, 2.24) is 9.99 Å². The van der Waals surface area contributed by atoms with E-state index in [9.17, 15) is 9.59 Å². The number of amides is 1. The Labute approximate surface area is 166 Å². The van der Waals surface area contributed by atoms with Gasteiger partial charge in [-0.1, -0.05) is 0 Å². The lowest BCUT2D eigenvalue weighted by molar-refractivity contribution is 0.0953. The summed E-state index contributed by atoms with van der Waals surface area (Å²) in [6.45, 7) is 6.13. The number of hydrogen-bond acceptors (Lipinski definition) is 5. The molecular weight excluding hydrogens is 414 g/mol. The van der Waals surface area contributed by atoms with Gasteiger partial charge in [0, 0.05) is 12.2 Å². The molecule has 27 heavy (non-hydrogen) atoms. The van der Waals surface area contributed by atoms with Crippen molar-refractivity contribution in [3.63, 3.8) is 0 Å². The summed E-state index contributed by atoms with van der Waals surface area (Å²) in [7, 11) is 1.54. The Bertz CT molecular complexity index is 906. The minimum Gasteiger partial charge on any atom is -0.493 e. The highest BCUT2D eigenvalue weighted by atomic mass is 79.9. The Kier molecular flexibility index (Phi) is 7.18. The summed E-state index contributed by atoms with van der Waals surface area (Å²) < 4.78 is 13.1. The van der Waals surface area contributed by atoms with Crippen LogP contribution in [-0.2, 0) is 0 Å².